The van der Waals surface area contributed by atoms with Crippen molar-refractivity contribution in [2.45, 2.75) is 39.2 Å². The van der Waals surface area contributed by atoms with Crippen molar-refractivity contribution in [2.75, 3.05) is 13.6 Å². The van der Waals surface area contributed by atoms with Gasteiger partial charge in [-0.15, -0.1) is 0 Å². The predicted molar refractivity (Wildman–Crippen MR) is 73.1 cm³/mol. The standard InChI is InChI=1S/C13H23N3O4/c1-13(2,11(19)14-3)7-15-12(20)16-9-5-4-8(6-9)10(17)18/h8-9H,4-7H2,1-3H3,(H,14,19)(H,17,18)(H2,15,16,20)/t8-,9+/m1/s1. The zero-order chi connectivity index (χ0) is 15.3. The first-order valence-corrected chi connectivity index (χ1v) is 6.75. The molecule has 114 valence electrons. The number of aliphatic carboxylic acids is 1. The largest absolute Gasteiger partial charge is 0.481 e. The molecule has 4 N–H and O–H groups in total. The van der Waals surface area contributed by atoms with Crippen LogP contribution in [0.3, 0.4) is 0 Å². The quantitative estimate of drug-likeness (QED) is 0.583. The Morgan fingerprint density at radius 3 is 2.40 bits per heavy atom. The van der Waals surface area contributed by atoms with Gasteiger partial charge in [-0.3, -0.25) is 9.59 Å². The fourth-order valence-electron chi connectivity index (χ4n) is 2.29. The van der Waals surface area contributed by atoms with Crippen molar-refractivity contribution in [1.82, 2.24) is 16.0 Å². The van der Waals surface area contributed by atoms with Crippen LogP contribution in [0.25, 0.3) is 0 Å². The molecule has 0 unspecified atom stereocenters. The van der Waals surface area contributed by atoms with Crippen LogP contribution in [0.4, 0.5) is 4.79 Å². The van der Waals surface area contributed by atoms with Gasteiger partial charge < -0.3 is 21.1 Å². The monoisotopic (exact) mass is 285 g/mol. The molecule has 1 aliphatic rings. The normalized spacial score (nSPS) is 22.1. The Labute approximate surface area is 118 Å². The molecule has 0 aliphatic heterocycles. The van der Waals surface area contributed by atoms with Crippen LogP contribution in [0.2, 0.25) is 0 Å². The van der Waals surface area contributed by atoms with Crippen LogP contribution in [-0.2, 0) is 9.59 Å². The molecule has 0 spiro atoms. The second-order valence-corrected chi connectivity index (χ2v) is 5.84. The molecular formula is C13H23N3O4. The summed E-state index contributed by atoms with van der Waals surface area (Å²) in [6.45, 7) is 3.69. The first kappa shape index (κ1) is 16.3. The minimum atomic E-state index is -0.810. The number of carbonyl (C=O) groups is 3. The molecule has 7 heteroatoms. The molecular weight excluding hydrogens is 262 g/mol. The van der Waals surface area contributed by atoms with E-state index in [0.717, 1.165) is 0 Å². The average Bonchev–Trinajstić information content (AvgIpc) is 2.84. The third-order valence-electron chi connectivity index (χ3n) is 3.65. The number of carboxylic acids is 1. The molecule has 0 saturated heterocycles. The fourth-order valence-corrected chi connectivity index (χ4v) is 2.29. The van der Waals surface area contributed by atoms with Crippen molar-refractivity contribution >= 4 is 17.9 Å². The maximum Gasteiger partial charge on any atom is 0.315 e. The molecule has 0 heterocycles. The van der Waals surface area contributed by atoms with Gasteiger partial charge in [-0.2, -0.15) is 0 Å². The lowest BCUT2D eigenvalue weighted by Gasteiger charge is -2.23. The Hall–Kier alpha value is -1.79. The number of carboxylic acid groups (broad SMARTS) is 1. The molecule has 1 fully saturated rings. The molecule has 0 bridgehead atoms. The van der Waals surface area contributed by atoms with E-state index in [4.69, 9.17) is 5.11 Å². The molecule has 7 nitrogen and oxygen atoms in total. The van der Waals surface area contributed by atoms with Gasteiger partial charge in [0.2, 0.25) is 5.91 Å². The van der Waals surface area contributed by atoms with E-state index in [0.29, 0.717) is 19.3 Å². The van der Waals surface area contributed by atoms with E-state index in [1.54, 1.807) is 20.9 Å². The van der Waals surface area contributed by atoms with Gasteiger partial charge in [0.05, 0.1) is 11.3 Å². The summed E-state index contributed by atoms with van der Waals surface area (Å²) in [6, 6.07) is -0.475. The lowest BCUT2D eigenvalue weighted by Crippen LogP contribution is -2.48. The van der Waals surface area contributed by atoms with Crippen molar-refractivity contribution in [2.24, 2.45) is 11.3 Å². The van der Waals surface area contributed by atoms with Gasteiger partial charge in [-0.1, -0.05) is 0 Å². The van der Waals surface area contributed by atoms with Crippen molar-refractivity contribution in [1.29, 1.82) is 0 Å². The van der Waals surface area contributed by atoms with Gasteiger partial charge in [-0.25, -0.2) is 4.79 Å². The highest BCUT2D eigenvalue weighted by atomic mass is 16.4. The molecule has 1 rings (SSSR count). The lowest BCUT2D eigenvalue weighted by molar-refractivity contribution is -0.141. The lowest BCUT2D eigenvalue weighted by atomic mass is 9.92. The van der Waals surface area contributed by atoms with Crippen LogP contribution in [0, 0.1) is 11.3 Å². The number of rotatable bonds is 5. The van der Waals surface area contributed by atoms with E-state index in [1.807, 2.05) is 0 Å². The maximum absolute atomic E-state index is 11.7. The number of urea groups is 1. The van der Waals surface area contributed by atoms with Gasteiger partial charge in [0.15, 0.2) is 0 Å². The van der Waals surface area contributed by atoms with Gasteiger partial charge in [0.25, 0.3) is 0 Å². The minimum absolute atomic E-state index is 0.112. The van der Waals surface area contributed by atoms with Gasteiger partial charge in [-0.05, 0) is 33.1 Å². The third-order valence-corrected chi connectivity index (χ3v) is 3.65. The van der Waals surface area contributed by atoms with Crippen molar-refractivity contribution in [3.05, 3.63) is 0 Å². The van der Waals surface area contributed by atoms with Crippen LogP contribution in [0.1, 0.15) is 33.1 Å². The third kappa shape index (κ3) is 4.40. The number of amides is 3. The van der Waals surface area contributed by atoms with E-state index in [2.05, 4.69) is 16.0 Å². The molecule has 2 atom stereocenters. The highest BCUT2D eigenvalue weighted by Crippen LogP contribution is 2.25. The summed E-state index contributed by atoms with van der Waals surface area (Å²) in [6.07, 6.45) is 1.72. The summed E-state index contributed by atoms with van der Waals surface area (Å²) in [5, 5.41) is 16.8. The van der Waals surface area contributed by atoms with Crippen LogP contribution in [-0.4, -0.2) is 42.6 Å². The Balaban J connectivity index is 2.35. The second kappa shape index (κ2) is 6.58. The Morgan fingerprint density at radius 2 is 1.90 bits per heavy atom. The smallest absolute Gasteiger partial charge is 0.315 e. The van der Waals surface area contributed by atoms with Crippen LogP contribution in [0.5, 0.6) is 0 Å². The van der Waals surface area contributed by atoms with Gasteiger partial charge in [0, 0.05) is 19.6 Å². The second-order valence-electron chi connectivity index (χ2n) is 5.84. The topological polar surface area (TPSA) is 108 Å². The molecule has 3 amide bonds. The number of hydrogen-bond acceptors (Lipinski definition) is 3. The SMILES string of the molecule is CNC(=O)C(C)(C)CNC(=O)N[C@H]1CC[C@@H](C(=O)O)C1. The minimum Gasteiger partial charge on any atom is -0.481 e. The molecule has 1 aliphatic carbocycles. The average molecular weight is 285 g/mol. The van der Waals surface area contributed by atoms with E-state index in [9.17, 15) is 14.4 Å². The summed E-state index contributed by atoms with van der Waals surface area (Å²) in [5.74, 6) is -1.33. The molecule has 0 aromatic heterocycles. The van der Waals surface area contributed by atoms with Crippen LogP contribution >= 0.6 is 0 Å². The van der Waals surface area contributed by atoms with E-state index in [1.165, 1.54) is 0 Å². The summed E-state index contributed by atoms with van der Waals surface area (Å²) in [5.41, 5.74) is -0.689. The predicted octanol–water partition coefficient (Wildman–Crippen LogP) is 0.311. The number of carbonyl (C=O) groups excluding carboxylic acids is 2. The molecule has 0 aromatic carbocycles. The van der Waals surface area contributed by atoms with Crippen LogP contribution in [0.15, 0.2) is 0 Å². The number of hydrogen-bond donors (Lipinski definition) is 4. The molecule has 0 aromatic rings. The van der Waals surface area contributed by atoms with Gasteiger partial charge >= 0.3 is 12.0 Å². The molecule has 0 radical (unpaired) electrons. The fraction of sp³-hybridized carbons (Fsp3) is 0.769. The molecule has 20 heavy (non-hydrogen) atoms. The highest BCUT2D eigenvalue weighted by molar-refractivity contribution is 5.83. The van der Waals surface area contributed by atoms with E-state index < -0.39 is 11.4 Å². The first-order valence-electron chi connectivity index (χ1n) is 6.75. The Kier molecular flexibility index (Phi) is 5.35. The summed E-state index contributed by atoms with van der Waals surface area (Å²) < 4.78 is 0. The first-order chi connectivity index (χ1) is 9.26. The van der Waals surface area contributed by atoms with Crippen molar-refractivity contribution < 1.29 is 19.5 Å². The van der Waals surface area contributed by atoms with E-state index >= 15 is 0 Å². The molecule has 1 saturated carbocycles. The van der Waals surface area contributed by atoms with E-state index in [-0.39, 0.29) is 30.4 Å². The van der Waals surface area contributed by atoms with Gasteiger partial charge in [0.1, 0.15) is 0 Å². The van der Waals surface area contributed by atoms with Crippen molar-refractivity contribution in [3.8, 4) is 0 Å². The Bertz CT molecular complexity index is 395. The zero-order valence-corrected chi connectivity index (χ0v) is 12.2. The summed E-state index contributed by atoms with van der Waals surface area (Å²) >= 11 is 0. The van der Waals surface area contributed by atoms with Crippen LogP contribution < -0.4 is 16.0 Å². The summed E-state index contributed by atoms with van der Waals surface area (Å²) in [7, 11) is 1.55. The summed E-state index contributed by atoms with van der Waals surface area (Å²) in [4.78, 5) is 34.1. The highest BCUT2D eigenvalue weighted by Gasteiger charge is 2.31. The maximum atomic E-state index is 11.7. The zero-order valence-electron chi connectivity index (χ0n) is 12.2. The Morgan fingerprint density at radius 1 is 1.25 bits per heavy atom. The number of nitrogens with one attached hydrogen (secondary N) is 3. The van der Waals surface area contributed by atoms with Crippen molar-refractivity contribution in [3.63, 3.8) is 0 Å².